The maximum absolute atomic E-state index is 12.3. The Kier molecular flexibility index (Phi) is 3.54. The molecule has 0 spiro atoms. The molecule has 0 unspecified atom stereocenters. The summed E-state index contributed by atoms with van der Waals surface area (Å²) >= 11 is 5.47. The number of carboxylic acid groups (broad SMARTS) is 1. The van der Waals surface area contributed by atoms with Crippen molar-refractivity contribution in [1.82, 2.24) is 4.98 Å². The Balaban J connectivity index is 3.37. The molecule has 0 fully saturated rings. The molecule has 0 saturated heterocycles. The second kappa shape index (κ2) is 4.50. The molecular formula is C8H7ClF2N2O2. The van der Waals surface area contributed by atoms with E-state index in [9.17, 15) is 13.6 Å². The van der Waals surface area contributed by atoms with Crippen LogP contribution in [0.25, 0.3) is 0 Å². The first kappa shape index (κ1) is 11.8. The fourth-order valence-electron chi connectivity index (χ4n) is 1.08. The zero-order chi connectivity index (χ0) is 11.6. The molecule has 1 aromatic rings. The van der Waals surface area contributed by atoms with Crippen molar-refractivity contribution in [2.45, 2.75) is 13.0 Å². The van der Waals surface area contributed by atoms with E-state index in [0.717, 1.165) is 6.07 Å². The summed E-state index contributed by atoms with van der Waals surface area (Å²) in [5, 5.41) is 8.27. The lowest BCUT2D eigenvalue weighted by atomic mass is 10.1. The Hall–Kier alpha value is -1.27. The van der Waals surface area contributed by atoms with Gasteiger partial charge >= 0.3 is 5.97 Å². The van der Waals surface area contributed by atoms with Gasteiger partial charge in [0, 0.05) is 6.54 Å². The summed E-state index contributed by atoms with van der Waals surface area (Å²) in [6.07, 6.45) is -2.81. The maximum atomic E-state index is 12.3. The fourth-order valence-corrected chi connectivity index (χ4v) is 1.38. The quantitative estimate of drug-likeness (QED) is 0.785. The first-order chi connectivity index (χ1) is 6.97. The number of pyridine rings is 1. The number of nitrogens with two attached hydrogens (primary N) is 1. The number of carboxylic acids is 1. The molecular weight excluding hydrogens is 230 g/mol. The van der Waals surface area contributed by atoms with E-state index in [1.165, 1.54) is 0 Å². The number of aromatic carboxylic acids is 1. The van der Waals surface area contributed by atoms with Gasteiger partial charge in [-0.05, 0) is 11.6 Å². The van der Waals surface area contributed by atoms with Gasteiger partial charge in [0.05, 0.1) is 0 Å². The monoisotopic (exact) mass is 236 g/mol. The van der Waals surface area contributed by atoms with Gasteiger partial charge in [0.2, 0.25) is 0 Å². The third-order valence-corrected chi connectivity index (χ3v) is 2.01. The van der Waals surface area contributed by atoms with Crippen LogP contribution in [0.3, 0.4) is 0 Å². The third-order valence-electron chi connectivity index (χ3n) is 1.73. The fraction of sp³-hybridized carbons (Fsp3) is 0.250. The molecule has 0 aliphatic carbocycles. The van der Waals surface area contributed by atoms with E-state index in [0.29, 0.717) is 0 Å². The van der Waals surface area contributed by atoms with Gasteiger partial charge in [0.15, 0.2) is 0 Å². The van der Waals surface area contributed by atoms with Crippen LogP contribution in [0.1, 0.15) is 28.0 Å². The van der Waals surface area contributed by atoms with Gasteiger partial charge in [0.25, 0.3) is 6.43 Å². The third kappa shape index (κ3) is 2.40. The molecule has 15 heavy (non-hydrogen) atoms. The number of carbonyl (C=O) groups is 1. The molecule has 7 heteroatoms. The summed E-state index contributed by atoms with van der Waals surface area (Å²) < 4.78 is 24.6. The Labute approximate surface area is 88.7 Å². The van der Waals surface area contributed by atoms with Crippen LogP contribution in [-0.4, -0.2) is 16.1 Å². The lowest BCUT2D eigenvalue weighted by Crippen LogP contribution is -2.10. The minimum absolute atomic E-state index is 0.0396. The molecule has 1 aromatic heterocycles. The lowest BCUT2D eigenvalue weighted by molar-refractivity contribution is 0.0694. The van der Waals surface area contributed by atoms with Crippen molar-refractivity contribution in [3.8, 4) is 0 Å². The Morgan fingerprint density at radius 1 is 1.67 bits per heavy atom. The second-order valence-electron chi connectivity index (χ2n) is 2.68. The number of rotatable bonds is 3. The molecule has 0 amide bonds. The van der Waals surface area contributed by atoms with Crippen molar-refractivity contribution in [2.75, 3.05) is 0 Å². The highest BCUT2D eigenvalue weighted by Gasteiger charge is 2.19. The number of hydrogen-bond acceptors (Lipinski definition) is 3. The second-order valence-corrected chi connectivity index (χ2v) is 3.04. The molecule has 0 radical (unpaired) electrons. The van der Waals surface area contributed by atoms with Crippen LogP contribution in [0, 0.1) is 0 Å². The highest BCUT2D eigenvalue weighted by Crippen LogP contribution is 2.24. The van der Waals surface area contributed by atoms with E-state index in [-0.39, 0.29) is 17.7 Å². The van der Waals surface area contributed by atoms with E-state index in [1.807, 2.05) is 0 Å². The van der Waals surface area contributed by atoms with Crippen molar-refractivity contribution < 1.29 is 18.7 Å². The summed E-state index contributed by atoms with van der Waals surface area (Å²) in [6.45, 7) is -0.191. The average molecular weight is 237 g/mol. The van der Waals surface area contributed by atoms with Crippen molar-refractivity contribution >= 4 is 17.6 Å². The van der Waals surface area contributed by atoms with E-state index < -0.39 is 23.2 Å². The molecule has 82 valence electrons. The van der Waals surface area contributed by atoms with Gasteiger partial charge in [0.1, 0.15) is 16.4 Å². The largest absolute Gasteiger partial charge is 0.478 e. The van der Waals surface area contributed by atoms with Gasteiger partial charge in [-0.1, -0.05) is 11.6 Å². The molecule has 3 N–H and O–H groups in total. The molecule has 0 aromatic carbocycles. The molecule has 0 bridgehead atoms. The van der Waals surface area contributed by atoms with Crippen molar-refractivity contribution in [3.05, 3.63) is 28.0 Å². The van der Waals surface area contributed by atoms with Crippen LogP contribution in [0.5, 0.6) is 0 Å². The Morgan fingerprint density at radius 2 is 2.27 bits per heavy atom. The first-order valence-corrected chi connectivity index (χ1v) is 4.26. The number of halogens is 3. The topological polar surface area (TPSA) is 76.2 Å². The van der Waals surface area contributed by atoms with Crippen molar-refractivity contribution in [3.63, 3.8) is 0 Å². The van der Waals surface area contributed by atoms with Crippen LogP contribution in [0.4, 0.5) is 8.78 Å². The van der Waals surface area contributed by atoms with E-state index in [2.05, 4.69) is 4.98 Å². The summed E-state index contributed by atoms with van der Waals surface area (Å²) in [5.41, 5.74) is 4.36. The number of nitrogens with zero attached hydrogens (tertiary/aromatic N) is 1. The summed E-state index contributed by atoms with van der Waals surface area (Å²) in [5.74, 6) is -1.34. The van der Waals surface area contributed by atoms with E-state index in [4.69, 9.17) is 22.4 Å². The van der Waals surface area contributed by atoms with Gasteiger partial charge in [-0.25, -0.2) is 18.6 Å². The first-order valence-electron chi connectivity index (χ1n) is 3.88. The van der Waals surface area contributed by atoms with Crippen LogP contribution in [-0.2, 0) is 6.54 Å². The lowest BCUT2D eigenvalue weighted by Gasteiger charge is -2.07. The predicted octanol–water partition coefficient (Wildman–Crippen LogP) is 1.83. The summed E-state index contributed by atoms with van der Waals surface area (Å²) in [6, 6.07) is 0.944. The van der Waals surface area contributed by atoms with Crippen LogP contribution < -0.4 is 5.73 Å². The van der Waals surface area contributed by atoms with Gasteiger partial charge < -0.3 is 10.8 Å². The average Bonchev–Trinajstić information content (AvgIpc) is 2.15. The maximum Gasteiger partial charge on any atom is 0.339 e. The van der Waals surface area contributed by atoms with Gasteiger partial charge in [-0.3, -0.25) is 0 Å². The highest BCUT2D eigenvalue weighted by molar-refractivity contribution is 6.32. The molecule has 1 heterocycles. The molecule has 1 rings (SSSR count). The van der Waals surface area contributed by atoms with Gasteiger partial charge in [-0.2, -0.15) is 0 Å². The zero-order valence-electron chi connectivity index (χ0n) is 7.38. The minimum Gasteiger partial charge on any atom is -0.478 e. The smallest absolute Gasteiger partial charge is 0.339 e. The number of aromatic nitrogens is 1. The highest BCUT2D eigenvalue weighted by atomic mass is 35.5. The van der Waals surface area contributed by atoms with Gasteiger partial charge in [-0.15, -0.1) is 0 Å². The Morgan fingerprint density at radius 3 is 2.67 bits per heavy atom. The van der Waals surface area contributed by atoms with Crippen LogP contribution in [0.2, 0.25) is 5.15 Å². The molecule has 0 saturated carbocycles. The zero-order valence-corrected chi connectivity index (χ0v) is 8.13. The molecule has 4 nitrogen and oxygen atoms in total. The molecule has 0 aliphatic heterocycles. The Bertz CT molecular complexity index is 398. The molecule has 0 atom stereocenters. The number of alkyl halides is 2. The van der Waals surface area contributed by atoms with E-state index >= 15 is 0 Å². The van der Waals surface area contributed by atoms with E-state index in [1.54, 1.807) is 0 Å². The van der Waals surface area contributed by atoms with Crippen molar-refractivity contribution in [1.29, 1.82) is 0 Å². The van der Waals surface area contributed by atoms with Crippen LogP contribution in [0.15, 0.2) is 6.07 Å². The van der Waals surface area contributed by atoms with Crippen molar-refractivity contribution in [2.24, 2.45) is 5.73 Å². The van der Waals surface area contributed by atoms with Crippen LogP contribution >= 0.6 is 11.6 Å². The molecule has 0 aliphatic rings. The normalized spacial score (nSPS) is 10.7. The predicted molar refractivity (Wildman–Crippen MR) is 49.1 cm³/mol. The minimum atomic E-state index is -2.81. The SMILES string of the molecule is NCc1cc(C(F)F)nc(Cl)c1C(=O)O. The number of hydrogen-bond donors (Lipinski definition) is 2. The standard InChI is InChI=1S/C8H7ClF2N2O2/c9-6-5(8(14)15)3(2-12)1-4(13-6)7(10)11/h1,7H,2,12H2,(H,14,15). The summed E-state index contributed by atoms with van der Waals surface area (Å²) in [4.78, 5) is 14.0. The summed E-state index contributed by atoms with van der Waals surface area (Å²) in [7, 11) is 0.